The number of carbonyl (C=O) groups is 1. The summed E-state index contributed by atoms with van der Waals surface area (Å²) >= 11 is 0. The number of rotatable bonds is 9. The zero-order chi connectivity index (χ0) is 22.4. The van der Waals surface area contributed by atoms with Gasteiger partial charge in [0.2, 0.25) is 23.6 Å². The Bertz CT molecular complexity index is 748. The maximum atomic E-state index is 12.2. The molecule has 1 atom stereocenters. The number of anilines is 3. The highest BCUT2D eigenvalue weighted by molar-refractivity contribution is 5.91. The second kappa shape index (κ2) is 13.8. The van der Waals surface area contributed by atoms with E-state index in [4.69, 9.17) is 26.7 Å². The van der Waals surface area contributed by atoms with Crippen molar-refractivity contribution in [1.82, 2.24) is 15.0 Å². The zero-order valence-corrected chi connectivity index (χ0v) is 17.9. The molecule has 0 radical (unpaired) electrons. The van der Waals surface area contributed by atoms with Crippen molar-refractivity contribution in [1.29, 1.82) is 0 Å². The van der Waals surface area contributed by atoms with Gasteiger partial charge in [0.15, 0.2) is 0 Å². The summed E-state index contributed by atoms with van der Waals surface area (Å²) in [4.78, 5) is 22.6. The Morgan fingerprint density at radius 1 is 1.00 bits per heavy atom. The Balaban J connectivity index is 0.000000414. The topological polar surface area (TPSA) is 152 Å². The number of carbonyl (C=O) groups excluding carboxylic acids is 1. The molecule has 9 heteroatoms. The van der Waals surface area contributed by atoms with E-state index in [-0.39, 0.29) is 35.7 Å². The molecule has 164 valence electrons. The van der Waals surface area contributed by atoms with Crippen molar-refractivity contribution in [3.05, 3.63) is 41.7 Å². The van der Waals surface area contributed by atoms with E-state index in [1.807, 2.05) is 37.3 Å². The van der Waals surface area contributed by atoms with Crippen LogP contribution in [0.4, 0.5) is 17.8 Å². The molecule has 9 nitrogen and oxygen atoms in total. The molecule has 0 bridgehead atoms. The molecule has 0 amide bonds. The summed E-state index contributed by atoms with van der Waals surface area (Å²) in [7, 11) is 1.49. The standard InChI is InChI=1S/C18H26O3.C3H6N6/c1-4-6-8-13-16(5-2)21-18(19)17(20-3)14-15-11-9-7-10-12-15;4-1-7-2(5)9-3(6)8-1/h7,9-12,14,16H,4-6,8,13H2,1-3H3;(H6,4,5,6,7,8,9). The average Bonchev–Trinajstić information content (AvgIpc) is 2.71. The van der Waals surface area contributed by atoms with E-state index in [1.54, 1.807) is 6.08 Å². The number of aromatic nitrogens is 3. The van der Waals surface area contributed by atoms with Crippen LogP contribution in [0.1, 0.15) is 51.5 Å². The predicted molar refractivity (Wildman–Crippen MR) is 119 cm³/mol. The van der Waals surface area contributed by atoms with E-state index in [1.165, 1.54) is 20.0 Å². The zero-order valence-electron chi connectivity index (χ0n) is 17.9. The number of methoxy groups -OCH3 is 1. The van der Waals surface area contributed by atoms with Crippen LogP contribution in [0, 0.1) is 0 Å². The Morgan fingerprint density at radius 2 is 1.57 bits per heavy atom. The van der Waals surface area contributed by atoms with Crippen molar-refractivity contribution in [2.45, 2.75) is 52.1 Å². The summed E-state index contributed by atoms with van der Waals surface area (Å²) in [5.41, 5.74) is 16.3. The van der Waals surface area contributed by atoms with Crippen LogP contribution in [0.15, 0.2) is 36.1 Å². The smallest absolute Gasteiger partial charge is 0.373 e. The van der Waals surface area contributed by atoms with Gasteiger partial charge in [0.05, 0.1) is 7.11 Å². The number of nitrogens with zero attached hydrogens (tertiary/aromatic N) is 3. The maximum Gasteiger partial charge on any atom is 0.373 e. The third-order valence-corrected chi connectivity index (χ3v) is 4.06. The molecule has 0 aliphatic heterocycles. The van der Waals surface area contributed by atoms with Gasteiger partial charge in [-0.15, -0.1) is 0 Å². The normalized spacial score (nSPS) is 11.8. The number of unbranched alkanes of at least 4 members (excludes halogenated alkanes) is 2. The molecular formula is C21H32N6O3. The number of hydrogen-bond acceptors (Lipinski definition) is 9. The van der Waals surface area contributed by atoms with Crippen LogP contribution in [-0.2, 0) is 14.3 Å². The third kappa shape index (κ3) is 9.72. The molecule has 6 N–H and O–H groups in total. The Morgan fingerprint density at radius 3 is 2.03 bits per heavy atom. The number of nitrogen functional groups attached to an aromatic ring is 3. The van der Waals surface area contributed by atoms with E-state index in [0.29, 0.717) is 0 Å². The Labute approximate surface area is 177 Å². The van der Waals surface area contributed by atoms with Gasteiger partial charge < -0.3 is 26.7 Å². The van der Waals surface area contributed by atoms with Crippen LogP contribution in [0.25, 0.3) is 6.08 Å². The van der Waals surface area contributed by atoms with Crippen LogP contribution < -0.4 is 17.2 Å². The first kappa shape index (κ1) is 24.7. The molecule has 2 aromatic rings. The molecule has 1 unspecified atom stereocenters. The first-order valence-electron chi connectivity index (χ1n) is 9.93. The average molecular weight is 417 g/mol. The second-order valence-corrected chi connectivity index (χ2v) is 6.46. The fourth-order valence-corrected chi connectivity index (χ4v) is 2.51. The predicted octanol–water partition coefficient (Wildman–Crippen LogP) is 3.19. The van der Waals surface area contributed by atoms with Gasteiger partial charge in [-0.2, -0.15) is 15.0 Å². The minimum Gasteiger partial charge on any atom is -0.490 e. The lowest BCUT2D eigenvalue weighted by Crippen LogP contribution is -2.19. The lowest BCUT2D eigenvalue weighted by molar-refractivity contribution is -0.148. The van der Waals surface area contributed by atoms with E-state index in [2.05, 4.69) is 21.9 Å². The number of nitrogens with two attached hydrogens (primary N) is 3. The van der Waals surface area contributed by atoms with Crippen molar-refractivity contribution in [3.8, 4) is 0 Å². The summed E-state index contributed by atoms with van der Waals surface area (Å²) < 4.78 is 10.7. The molecule has 1 heterocycles. The lowest BCUT2D eigenvalue weighted by Gasteiger charge is -2.16. The van der Waals surface area contributed by atoms with E-state index in [9.17, 15) is 4.79 Å². The maximum absolute atomic E-state index is 12.2. The van der Waals surface area contributed by atoms with Gasteiger partial charge >= 0.3 is 5.97 Å². The van der Waals surface area contributed by atoms with Gasteiger partial charge in [-0.25, -0.2) is 4.79 Å². The van der Waals surface area contributed by atoms with Gasteiger partial charge in [-0.1, -0.05) is 57.0 Å². The quantitative estimate of drug-likeness (QED) is 0.242. The van der Waals surface area contributed by atoms with Crippen molar-refractivity contribution in [3.63, 3.8) is 0 Å². The van der Waals surface area contributed by atoms with E-state index < -0.39 is 0 Å². The van der Waals surface area contributed by atoms with Crippen LogP contribution in [0.3, 0.4) is 0 Å². The van der Waals surface area contributed by atoms with Crippen LogP contribution in [0.5, 0.6) is 0 Å². The molecule has 2 rings (SSSR count). The number of benzene rings is 1. The van der Waals surface area contributed by atoms with Gasteiger partial charge in [-0.3, -0.25) is 0 Å². The first-order chi connectivity index (χ1) is 14.4. The first-order valence-corrected chi connectivity index (χ1v) is 9.93. The fourth-order valence-electron chi connectivity index (χ4n) is 2.51. The van der Waals surface area contributed by atoms with Crippen LogP contribution >= 0.6 is 0 Å². The summed E-state index contributed by atoms with van der Waals surface area (Å²) in [5, 5.41) is 0. The molecule has 1 aromatic carbocycles. The third-order valence-electron chi connectivity index (χ3n) is 4.06. The molecule has 0 saturated heterocycles. The monoisotopic (exact) mass is 416 g/mol. The van der Waals surface area contributed by atoms with E-state index in [0.717, 1.165) is 24.8 Å². The van der Waals surface area contributed by atoms with Gasteiger partial charge in [0.25, 0.3) is 0 Å². The van der Waals surface area contributed by atoms with Gasteiger partial charge in [0, 0.05) is 0 Å². The second-order valence-electron chi connectivity index (χ2n) is 6.46. The molecular weight excluding hydrogens is 384 g/mol. The fraction of sp³-hybridized carbons (Fsp3) is 0.429. The van der Waals surface area contributed by atoms with Crippen molar-refractivity contribution < 1.29 is 14.3 Å². The Kier molecular flexibility index (Phi) is 11.3. The largest absolute Gasteiger partial charge is 0.490 e. The summed E-state index contributed by atoms with van der Waals surface area (Å²) in [6.07, 6.45) is 6.86. The minimum atomic E-state index is -0.385. The highest BCUT2D eigenvalue weighted by Gasteiger charge is 2.17. The lowest BCUT2D eigenvalue weighted by atomic mass is 10.1. The number of esters is 1. The molecule has 0 saturated carbocycles. The minimum absolute atomic E-state index is 0.0293. The molecule has 0 aliphatic carbocycles. The number of ether oxygens (including phenoxy) is 2. The van der Waals surface area contributed by atoms with Crippen LogP contribution in [0.2, 0.25) is 0 Å². The Hall–Kier alpha value is -3.36. The van der Waals surface area contributed by atoms with Gasteiger partial charge in [0.1, 0.15) is 6.10 Å². The molecule has 30 heavy (non-hydrogen) atoms. The highest BCUT2D eigenvalue weighted by Crippen LogP contribution is 2.14. The van der Waals surface area contributed by atoms with Gasteiger partial charge in [-0.05, 0) is 30.9 Å². The molecule has 0 aliphatic rings. The van der Waals surface area contributed by atoms with Crippen molar-refractivity contribution >= 4 is 29.9 Å². The van der Waals surface area contributed by atoms with Crippen molar-refractivity contribution in [2.24, 2.45) is 0 Å². The number of hydrogen-bond donors (Lipinski definition) is 3. The molecule has 0 spiro atoms. The van der Waals surface area contributed by atoms with E-state index >= 15 is 0 Å². The summed E-state index contributed by atoms with van der Waals surface area (Å²) in [6, 6.07) is 9.62. The molecule has 0 fully saturated rings. The summed E-state index contributed by atoms with van der Waals surface area (Å²) in [6.45, 7) is 4.20. The van der Waals surface area contributed by atoms with Crippen LogP contribution in [-0.4, -0.2) is 34.1 Å². The van der Waals surface area contributed by atoms with Crippen molar-refractivity contribution in [2.75, 3.05) is 24.3 Å². The summed E-state index contributed by atoms with van der Waals surface area (Å²) in [5.74, 6) is -0.0140. The highest BCUT2D eigenvalue weighted by atomic mass is 16.6. The SMILES string of the molecule is CCCCCC(CC)OC(=O)C(=Cc1ccccc1)OC.Nc1nc(N)nc(N)n1. The molecule has 1 aromatic heterocycles.